The molecule has 0 aliphatic carbocycles. The van der Waals surface area contributed by atoms with Crippen molar-refractivity contribution in [2.45, 2.75) is 19.4 Å². The number of carbonyl (C=O) groups excluding carboxylic acids is 1. The van der Waals surface area contributed by atoms with Crippen LogP contribution < -0.4 is 15.0 Å². The third-order valence-electron chi connectivity index (χ3n) is 4.49. The molecular formula is C22H20N2O5. The van der Waals surface area contributed by atoms with Gasteiger partial charge < -0.3 is 19.2 Å². The summed E-state index contributed by atoms with van der Waals surface area (Å²) in [5.74, 6) is 1.11. The zero-order valence-electron chi connectivity index (χ0n) is 15.9. The monoisotopic (exact) mass is 392 g/mol. The second-order valence-corrected chi connectivity index (χ2v) is 6.64. The molecule has 0 unspecified atom stereocenters. The van der Waals surface area contributed by atoms with Gasteiger partial charge >= 0.3 is 5.97 Å². The number of nitrogens with one attached hydrogen (secondary N) is 1. The van der Waals surface area contributed by atoms with E-state index in [1.165, 1.54) is 6.08 Å². The Balaban J connectivity index is 1.45. The lowest BCUT2D eigenvalue weighted by atomic mass is 10.2. The van der Waals surface area contributed by atoms with Gasteiger partial charge in [-0.3, -0.25) is 4.79 Å². The number of aromatic nitrogens is 2. The summed E-state index contributed by atoms with van der Waals surface area (Å²) in [7, 11) is 0. The average Bonchev–Trinajstić information content (AvgIpc) is 2.97. The number of H-pyrrole nitrogens is 1. The quantitative estimate of drug-likeness (QED) is 0.541. The predicted molar refractivity (Wildman–Crippen MR) is 108 cm³/mol. The molecule has 4 rings (SSSR count). The molecule has 1 aliphatic heterocycles. The zero-order chi connectivity index (χ0) is 20.2. The van der Waals surface area contributed by atoms with Gasteiger partial charge in [0, 0.05) is 12.5 Å². The first-order valence-corrected chi connectivity index (χ1v) is 9.37. The normalized spacial score (nSPS) is 14.5. The number of ether oxygens (including phenoxy) is 3. The van der Waals surface area contributed by atoms with E-state index in [9.17, 15) is 9.59 Å². The van der Waals surface area contributed by atoms with E-state index >= 15 is 0 Å². The minimum Gasteiger partial charge on any atom is -0.490 e. The number of fused-ring (bicyclic) bond motifs is 2. The van der Waals surface area contributed by atoms with Crippen molar-refractivity contribution < 1.29 is 19.0 Å². The van der Waals surface area contributed by atoms with Crippen molar-refractivity contribution in [2.24, 2.45) is 0 Å². The van der Waals surface area contributed by atoms with Crippen LogP contribution in [0.15, 0.2) is 53.3 Å². The fourth-order valence-electron chi connectivity index (χ4n) is 3.01. The topological polar surface area (TPSA) is 90.5 Å². The highest BCUT2D eigenvalue weighted by molar-refractivity contribution is 5.87. The number of benzene rings is 2. The van der Waals surface area contributed by atoms with Gasteiger partial charge in [0.2, 0.25) is 0 Å². The van der Waals surface area contributed by atoms with Gasteiger partial charge in [-0.05, 0) is 42.8 Å². The van der Waals surface area contributed by atoms with E-state index in [0.29, 0.717) is 41.4 Å². The molecule has 148 valence electrons. The van der Waals surface area contributed by atoms with E-state index in [-0.39, 0.29) is 5.56 Å². The lowest BCUT2D eigenvalue weighted by Gasteiger charge is -2.11. The van der Waals surface area contributed by atoms with Crippen molar-refractivity contribution >= 4 is 22.9 Å². The van der Waals surface area contributed by atoms with Crippen LogP contribution in [-0.4, -0.2) is 29.2 Å². The minimum absolute atomic E-state index is 0.267. The molecule has 7 nitrogen and oxygen atoms in total. The van der Waals surface area contributed by atoms with Crippen LogP contribution in [0.3, 0.4) is 0 Å². The number of para-hydroxylation sites is 1. The van der Waals surface area contributed by atoms with E-state index in [0.717, 1.165) is 12.0 Å². The first-order valence-electron chi connectivity index (χ1n) is 9.37. The van der Waals surface area contributed by atoms with Crippen LogP contribution in [0.25, 0.3) is 17.0 Å². The van der Waals surface area contributed by atoms with Crippen LogP contribution in [0.5, 0.6) is 11.5 Å². The Morgan fingerprint density at radius 1 is 1.17 bits per heavy atom. The standard InChI is InChI=1S/C22H20N2O5/c1-14(21-23-17-6-3-2-5-16(17)22(26)24-21)29-20(25)10-8-15-7-9-18-19(13-15)28-12-4-11-27-18/h2-3,5-10,13-14H,4,11-12H2,1H3,(H,23,24,26)/b10-8+/t14-/m1/s1. The Hall–Kier alpha value is -3.61. The van der Waals surface area contributed by atoms with E-state index in [4.69, 9.17) is 14.2 Å². The summed E-state index contributed by atoms with van der Waals surface area (Å²) in [6.45, 7) is 2.88. The van der Waals surface area contributed by atoms with Gasteiger partial charge in [0.05, 0.1) is 24.1 Å². The fraction of sp³-hybridized carbons (Fsp3) is 0.227. The van der Waals surface area contributed by atoms with Crippen molar-refractivity contribution in [3.63, 3.8) is 0 Å². The Morgan fingerprint density at radius 2 is 1.97 bits per heavy atom. The van der Waals surface area contributed by atoms with E-state index < -0.39 is 12.1 Å². The maximum absolute atomic E-state index is 12.2. The number of esters is 1. The summed E-state index contributed by atoms with van der Waals surface area (Å²) in [5.41, 5.74) is 1.07. The van der Waals surface area contributed by atoms with Crippen molar-refractivity contribution in [2.75, 3.05) is 13.2 Å². The van der Waals surface area contributed by atoms with Crippen molar-refractivity contribution in [3.8, 4) is 11.5 Å². The first-order chi connectivity index (χ1) is 14.1. The summed E-state index contributed by atoms with van der Waals surface area (Å²) >= 11 is 0. The van der Waals surface area contributed by atoms with Crippen LogP contribution in [0.1, 0.15) is 30.8 Å². The lowest BCUT2D eigenvalue weighted by molar-refractivity contribution is -0.142. The molecule has 1 aromatic heterocycles. The van der Waals surface area contributed by atoms with Crippen molar-refractivity contribution in [3.05, 3.63) is 70.3 Å². The Labute approximate surface area is 166 Å². The molecular weight excluding hydrogens is 372 g/mol. The van der Waals surface area contributed by atoms with Gasteiger partial charge in [-0.2, -0.15) is 0 Å². The van der Waals surface area contributed by atoms with Crippen LogP contribution in [0, 0.1) is 0 Å². The molecule has 7 heteroatoms. The fourth-order valence-corrected chi connectivity index (χ4v) is 3.01. The molecule has 1 aliphatic rings. The zero-order valence-corrected chi connectivity index (χ0v) is 15.9. The third-order valence-corrected chi connectivity index (χ3v) is 4.49. The lowest BCUT2D eigenvalue weighted by Crippen LogP contribution is -2.16. The SMILES string of the molecule is C[C@@H](OC(=O)/C=C/c1ccc2c(c1)OCCCO2)c1nc2ccccc2c(=O)[nH]1. The molecule has 0 saturated heterocycles. The van der Waals surface area contributed by atoms with Crippen LogP contribution in [0.2, 0.25) is 0 Å². The van der Waals surface area contributed by atoms with Gasteiger partial charge in [-0.15, -0.1) is 0 Å². The van der Waals surface area contributed by atoms with E-state index in [1.54, 1.807) is 37.3 Å². The van der Waals surface area contributed by atoms with E-state index in [2.05, 4.69) is 9.97 Å². The number of nitrogens with zero attached hydrogens (tertiary/aromatic N) is 1. The number of carbonyl (C=O) groups is 1. The molecule has 1 N–H and O–H groups in total. The smallest absolute Gasteiger partial charge is 0.331 e. The Morgan fingerprint density at radius 3 is 2.83 bits per heavy atom. The van der Waals surface area contributed by atoms with Gasteiger partial charge in [-0.25, -0.2) is 9.78 Å². The van der Waals surface area contributed by atoms with Gasteiger partial charge in [0.15, 0.2) is 23.4 Å². The Kier molecular flexibility index (Phi) is 5.29. The molecule has 0 saturated carbocycles. The maximum Gasteiger partial charge on any atom is 0.331 e. The van der Waals surface area contributed by atoms with Crippen LogP contribution >= 0.6 is 0 Å². The predicted octanol–water partition coefficient (Wildman–Crippen LogP) is 3.40. The molecule has 2 heterocycles. The highest BCUT2D eigenvalue weighted by Gasteiger charge is 2.14. The number of hydrogen-bond acceptors (Lipinski definition) is 6. The largest absolute Gasteiger partial charge is 0.490 e. The molecule has 0 amide bonds. The highest BCUT2D eigenvalue weighted by Crippen LogP contribution is 2.30. The Bertz CT molecular complexity index is 1140. The summed E-state index contributed by atoms with van der Waals surface area (Å²) in [5, 5.41) is 0.490. The molecule has 29 heavy (non-hydrogen) atoms. The number of rotatable bonds is 4. The molecule has 3 aromatic rings. The first kappa shape index (κ1) is 18.7. The third kappa shape index (κ3) is 4.29. The summed E-state index contributed by atoms with van der Waals surface area (Å²) in [6.07, 6.45) is 3.09. The number of hydrogen-bond donors (Lipinski definition) is 1. The molecule has 0 bridgehead atoms. The molecule has 2 aromatic carbocycles. The molecule has 0 radical (unpaired) electrons. The van der Waals surface area contributed by atoms with Crippen molar-refractivity contribution in [1.82, 2.24) is 9.97 Å². The molecule has 1 atom stereocenters. The number of aromatic amines is 1. The van der Waals surface area contributed by atoms with Gasteiger partial charge in [0.25, 0.3) is 5.56 Å². The van der Waals surface area contributed by atoms with Gasteiger partial charge in [0.1, 0.15) is 0 Å². The second-order valence-electron chi connectivity index (χ2n) is 6.64. The van der Waals surface area contributed by atoms with Crippen molar-refractivity contribution in [1.29, 1.82) is 0 Å². The van der Waals surface area contributed by atoms with Crippen LogP contribution in [-0.2, 0) is 9.53 Å². The van der Waals surface area contributed by atoms with Gasteiger partial charge in [-0.1, -0.05) is 18.2 Å². The minimum atomic E-state index is -0.701. The van der Waals surface area contributed by atoms with E-state index in [1.807, 2.05) is 18.2 Å². The average molecular weight is 392 g/mol. The highest BCUT2D eigenvalue weighted by atomic mass is 16.5. The maximum atomic E-state index is 12.2. The summed E-state index contributed by atoms with van der Waals surface area (Å²) < 4.78 is 16.6. The summed E-state index contributed by atoms with van der Waals surface area (Å²) in [4.78, 5) is 31.4. The molecule has 0 fully saturated rings. The molecule has 0 spiro atoms. The van der Waals surface area contributed by atoms with Crippen LogP contribution in [0.4, 0.5) is 0 Å². The summed E-state index contributed by atoms with van der Waals surface area (Å²) in [6, 6.07) is 12.5. The second kappa shape index (κ2) is 8.18.